The molecular weight excluding hydrogens is 382 g/mol. The van der Waals surface area contributed by atoms with Gasteiger partial charge in [0.1, 0.15) is 0 Å². The topological polar surface area (TPSA) is 37.3 Å². The molecule has 0 saturated carbocycles. The first-order valence-corrected chi connectivity index (χ1v) is 11.2. The molecule has 0 radical (unpaired) electrons. The van der Waals surface area contributed by atoms with Crippen LogP contribution >= 0.6 is 0 Å². The van der Waals surface area contributed by atoms with Gasteiger partial charge in [0.25, 0.3) is 0 Å². The molecule has 0 spiro atoms. The summed E-state index contributed by atoms with van der Waals surface area (Å²) in [7, 11) is 0. The van der Waals surface area contributed by atoms with E-state index in [4.69, 9.17) is 0 Å². The van der Waals surface area contributed by atoms with Crippen LogP contribution in [0, 0.1) is 12.8 Å². The van der Waals surface area contributed by atoms with Gasteiger partial charge in [0.2, 0.25) is 0 Å². The number of amides is 2. The van der Waals surface area contributed by atoms with E-state index < -0.39 is 0 Å². The lowest BCUT2D eigenvalue weighted by Crippen LogP contribution is -2.43. The molecule has 0 bridgehead atoms. The number of aromatic nitrogens is 1. The Hall–Kier alpha value is -3.01. The Morgan fingerprint density at radius 1 is 1.00 bits per heavy atom. The largest absolute Gasteiger partial charge is 0.345 e. The molecule has 0 fully saturated rings. The summed E-state index contributed by atoms with van der Waals surface area (Å²) in [6, 6.07) is 20.9. The average molecular weight is 418 g/mol. The van der Waals surface area contributed by atoms with Crippen molar-refractivity contribution in [2.45, 2.75) is 60.2 Å². The Labute approximate surface area is 186 Å². The molecule has 2 amide bonds. The number of anilines is 1. The van der Waals surface area contributed by atoms with Crippen molar-refractivity contribution in [1.82, 2.24) is 9.47 Å². The zero-order valence-corrected chi connectivity index (χ0v) is 19.4. The summed E-state index contributed by atoms with van der Waals surface area (Å²) in [4.78, 5) is 15.2. The van der Waals surface area contributed by atoms with Crippen LogP contribution in [0.4, 0.5) is 10.5 Å². The maximum atomic E-state index is 13.3. The van der Waals surface area contributed by atoms with Crippen LogP contribution < -0.4 is 5.32 Å². The molecule has 3 rings (SSSR count). The molecule has 1 heterocycles. The Morgan fingerprint density at radius 3 is 2.39 bits per heavy atom. The summed E-state index contributed by atoms with van der Waals surface area (Å²) in [5.41, 5.74) is 5.75. The molecule has 1 unspecified atom stereocenters. The number of nitrogens with zero attached hydrogens (tertiary/aromatic N) is 2. The van der Waals surface area contributed by atoms with Crippen LogP contribution in [0.2, 0.25) is 0 Å². The first-order valence-electron chi connectivity index (χ1n) is 11.2. The third-order valence-corrected chi connectivity index (χ3v) is 6.02. The molecule has 0 aliphatic carbocycles. The van der Waals surface area contributed by atoms with Crippen LogP contribution in [0.1, 0.15) is 50.1 Å². The Balaban J connectivity index is 1.78. The van der Waals surface area contributed by atoms with Crippen LogP contribution in [0.3, 0.4) is 0 Å². The highest BCUT2D eigenvalue weighted by Gasteiger charge is 2.24. The quantitative estimate of drug-likeness (QED) is 0.447. The van der Waals surface area contributed by atoms with Gasteiger partial charge in [-0.25, -0.2) is 4.79 Å². The van der Waals surface area contributed by atoms with Crippen LogP contribution in [-0.4, -0.2) is 21.5 Å². The number of benzene rings is 2. The second-order valence-electron chi connectivity index (χ2n) is 8.71. The second kappa shape index (κ2) is 10.3. The number of carbonyl (C=O) groups is 1. The number of hydrogen-bond acceptors (Lipinski definition) is 1. The van der Waals surface area contributed by atoms with E-state index in [0.717, 1.165) is 24.3 Å². The fourth-order valence-electron chi connectivity index (χ4n) is 3.71. The number of carbonyl (C=O) groups excluding carboxylic acids is 1. The SMILES string of the molecule is CCc1ccc(NC(=O)N(Cc2cccn2Cc2cccc(C)c2)C(C)C(C)C)cc1. The minimum Gasteiger partial charge on any atom is -0.345 e. The zero-order chi connectivity index (χ0) is 22.4. The van der Waals surface area contributed by atoms with Crippen LogP contribution in [0.5, 0.6) is 0 Å². The highest BCUT2D eigenvalue weighted by atomic mass is 16.2. The smallest absolute Gasteiger partial charge is 0.322 e. The molecule has 4 nitrogen and oxygen atoms in total. The first-order chi connectivity index (χ1) is 14.9. The van der Waals surface area contributed by atoms with Gasteiger partial charge in [-0.3, -0.25) is 0 Å². The third kappa shape index (κ3) is 6.00. The normalized spacial score (nSPS) is 12.1. The molecule has 1 atom stereocenters. The van der Waals surface area contributed by atoms with Crippen molar-refractivity contribution in [2.75, 3.05) is 5.32 Å². The maximum absolute atomic E-state index is 13.3. The van der Waals surface area contributed by atoms with Gasteiger partial charge < -0.3 is 14.8 Å². The lowest BCUT2D eigenvalue weighted by molar-refractivity contribution is 0.168. The van der Waals surface area contributed by atoms with E-state index in [1.807, 2.05) is 17.0 Å². The molecular formula is C27H35N3O. The minimum absolute atomic E-state index is 0.0613. The summed E-state index contributed by atoms with van der Waals surface area (Å²) < 4.78 is 2.23. The Kier molecular flexibility index (Phi) is 7.56. The molecule has 0 aliphatic heterocycles. The monoisotopic (exact) mass is 417 g/mol. The standard InChI is InChI=1S/C27H35N3O/c1-6-23-12-14-25(15-13-23)28-27(31)30(22(5)20(2)3)19-26-11-8-16-29(26)18-24-10-7-9-21(4)17-24/h7-17,20,22H,6,18-19H2,1-5H3,(H,28,31). The van der Waals surface area contributed by atoms with Crippen molar-refractivity contribution >= 4 is 11.7 Å². The number of aryl methyl sites for hydroxylation is 2. The fourth-order valence-corrected chi connectivity index (χ4v) is 3.71. The second-order valence-corrected chi connectivity index (χ2v) is 8.71. The molecule has 1 N–H and O–H groups in total. The van der Waals surface area contributed by atoms with E-state index >= 15 is 0 Å². The average Bonchev–Trinajstić information content (AvgIpc) is 3.18. The highest BCUT2D eigenvalue weighted by Crippen LogP contribution is 2.19. The molecule has 0 saturated heterocycles. The molecule has 4 heteroatoms. The lowest BCUT2D eigenvalue weighted by atomic mass is 10.0. The number of nitrogens with one attached hydrogen (secondary N) is 1. The van der Waals surface area contributed by atoms with Gasteiger partial charge in [-0.15, -0.1) is 0 Å². The lowest BCUT2D eigenvalue weighted by Gasteiger charge is -2.32. The van der Waals surface area contributed by atoms with E-state index in [1.165, 1.54) is 16.7 Å². The van der Waals surface area contributed by atoms with E-state index in [1.54, 1.807) is 0 Å². The molecule has 0 aliphatic rings. The molecule has 31 heavy (non-hydrogen) atoms. The zero-order valence-electron chi connectivity index (χ0n) is 19.4. The summed E-state index contributed by atoms with van der Waals surface area (Å²) >= 11 is 0. The predicted octanol–water partition coefficient (Wildman–Crippen LogP) is 6.49. The predicted molar refractivity (Wildman–Crippen MR) is 129 cm³/mol. The van der Waals surface area contributed by atoms with Crippen LogP contribution in [0.15, 0.2) is 66.9 Å². The van der Waals surface area contributed by atoms with Gasteiger partial charge in [0, 0.05) is 30.2 Å². The summed E-state index contributed by atoms with van der Waals surface area (Å²) in [6.45, 7) is 12.1. The van der Waals surface area contributed by atoms with Crippen molar-refractivity contribution < 1.29 is 4.79 Å². The number of hydrogen-bond donors (Lipinski definition) is 1. The molecule has 1 aromatic heterocycles. The van der Waals surface area contributed by atoms with Crippen molar-refractivity contribution in [1.29, 1.82) is 0 Å². The number of rotatable bonds is 8. The summed E-state index contributed by atoms with van der Waals surface area (Å²) in [5.74, 6) is 0.355. The maximum Gasteiger partial charge on any atom is 0.322 e. The molecule has 2 aromatic carbocycles. The summed E-state index contributed by atoms with van der Waals surface area (Å²) in [6.07, 6.45) is 3.08. The molecule has 164 valence electrons. The van der Waals surface area contributed by atoms with Crippen molar-refractivity contribution in [3.05, 3.63) is 89.2 Å². The van der Waals surface area contributed by atoms with Crippen molar-refractivity contribution in [2.24, 2.45) is 5.92 Å². The fraction of sp³-hybridized carbons (Fsp3) is 0.370. The van der Waals surface area contributed by atoms with Gasteiger partial charge in [-0.1, -0.05) is 62.7 Å². The Morgan fingerprint density at radius 2 is 1.74 bits per heavy atom. The van der Waals surface area contributed by atoms with Gasteiger partial charge in [-0.05, 0) is 61.6 Å². The number of urea groups is 1. The molecule has 3 aromatic rings. The van der Waals surface area contributed by atoms with E-state index in [9.17, 15) is 4.79 Å². The van der Waals surface area contributed by atoms with Gasteiger partial charge in [0.05, 0.1) is 6.54 Å². The third-order valence-electron chi connectivity index (χ3n) is 6.02. The van der Waals surface area contributed by atoms with Crippen molar-refractivity contribution in [3.8, 4) is 0 Å². The first kappa shape index (κ1) is 22.7. The van der Waals surface area contributed by atoms with Gasteiger partial charge >= 0.3 is 6.03 Å². The van der Waals surface area contributed by atoms with Crippen LogP contribution in [0.25, 0.3) is 0 Å². The summed E-state index contributed by atoms with van der Waals surface area (Å²) in [5, 5.41) is 3.10. The van der Waals surface area contributed by atoms with E-state index in [-0.39, 0.29) is 12.1 Å². The van der Waals surface area contributed by atoms with Crippen LogP contribution in [-0.2, 0) is 19.5 Å². The van der Waals surface area contributed by atoms with Gasteiger partial charge in [-0.2, -0.15) is 0 Å². The van der Waals surface area contributed by atoms with E-state index in [2.05, 4.69) is 99.2 Å². The van der Waals surface area contributed by atoms with Gasteiger partial charge in [0.15, 0.2) is 0 Å². The minimum atomic E-state index is -0.0613. The van der Waals surface area contributed by atoms with E-state index in [0.29, 0.717) is 12.5 Å². The van der Waals surface area contributed by atoms with Crippen molar-refractivity contribution in [3.63, 3.8) is 0 Å². The highest BCUT2D eigenvalue weighted by molar-refractivity contribution is 5.89. The Bertz CT molecular complexity index is 988.